The summed E-state index contributed by atoms with van der Waals surface area (Å²) >= 11 is 0. The third-order valence-corrected chi connectivity index (χ3v) is 6.28. The summed E-state index contributed by atoms with van der Waals surface area (Å²) in [7, 11) is 0. The topological polar surface area (TPSA) is 75.6 Å². The number of aliphatic carboxylic acids is 1. The Morgan fingerprint density at radius 1 is 0.966 bits per heavy atom. The first kappa shape index (κ1) is 19.5. The average Bonchev–Trinajstić information content (AvgIpc) is 3.05. The number of carbonyl (C=O) groups excluding carboxylic acids is 1. The van der Waals surface area contributed by atoms with E-state index in [2.05, 4.69) is 29.6 Å². The number of alkyl carbamates (subject to hydrolysis) is 1. The lowest BCUT2D eigenvalue weighted by Gasteiger charge is -2.31. The molecule has 2 aromatic carbocycles. The second-order valence-electron chi connectivity index (χ2n) is 8.05. The Kier molecular flexibility index (Phi) is 5.84. The van der Waals surface area contributed by atoms with Crippen molar-refractivity contribution in [3.05, 3.63) is 59.7 Å². The minimum absolute atomic E-state index is 0.00116. The van der Waals surface area contributed by atoms with Gasteiger partial charge in [-0.15, -0.1) is 0 Å². The second kappa shape index (κ2) is 8.68. The van der Waals surface area contributed by atoms with Crippen LogP contribution in [-0.4, -0.2) is 29.8 Å². The van der Waals surface area contributed by atoms with Crippen molar-refractivity contribution in [1.82, 2.24) is 5.32 Å². The molecule has 0 heterocycles. The van der Waals surface area contributed by atoms with Gasteiger partial charge in [0.1, 0.15) is 6.61 Å². The molecule has 0 spiro atoms. The summed E-state index contributed by atoms with van der Waals surface area (Å²) in [5.41, 5.74) is 4.80. The number of fused-ring (bicyclic) bond motifs is 3. The Labute approximate surface area is 171 Å². The monoisotopic (exact) mass is 393 g/mol. The minimum atomic E-state index is -0.782. The normalized spacial score (nSPS) is 20.6. The van der Waals surface area contributed by atoms with E-state index in [1.54, 1.807) is 0 Å². The molecule has 152 valence electrons. The van der Waals surface area contributed by atoms with E-state index in [1.165, 1.54) is 22.3 Å². The smallest absolute Gasteiger partial charge is 0.407 e. The molecule has 1 fully saturated rings. The number of ether oxygens (including phenoxy) is 1. The van der Waals surface area contributed by atoms with Gasteiger partial charge in [0.05, 0.1) is 0 Å². The van der Waals surface area contributed by atoms with Gasteiger partial charge >= 0.3 is 12.1 Å². The first-order chi connectivity index (χ1) is 14.1. The molecule has 0 aromatic heterocycles. The lowest BCUT2D eigenvalue weighted by Crippen LogP contribution is -2.42. The molecular weight excluding hydrogens is 366 g/mol. The maximum atomic E-state index is 12.5. The third-order valence-electron chi connectivity index (χ3n) is 6.28. The zero-order chi connectivity index (χ0) is 20.2. The summed E-state index contributed by atoms with van der Waals surface area (Å²) in [5.74, 6) is -0.530. The maximum absolute atomic E-state index is 12.5. The highest BCUT2D eigenvalue weighted by atomic mass is 16.5. The molecule has 0 saturated heterocycles. The van der Waals surface area contributed by atoms with Gasteiger partial charge in [0.2, 0.25) is 0 Å². The van der Waals surface area contributed by atoms with Gasteiger partial charge in [0, 0.05) is 18.4 Å². The predicted octanol–water partition coefficient (Wildman–Crippen LogP) is 4.95. The summed E-state index contributed by atoms with van der Waals surface area (Å²) in [5, 5.41) is 12.0. The van der Waals surface area contributed by atoms with Gasteiger partial charge in [-0.05, 0) is 47.4 Å². The van der Waals surface area contributed by atoms with Crippen molar-refractivity contribution in [2.75, 3.05) is 6.61 Å². The Morgan fingerprint density at radius 3 is 2.24 bits per heavy atom. The quantitative estimate of drug-likeness (QED) is 0.728. The van der Waals surface area contributed by atoms with Gasteiger partial charge in [-0.3, -0.25) is 4.79 Å². The number of nitrogens with one attached hydrogen (secondary N) is 1. The molecular formula is C24H27NO4. The van der Waals surface area contributed by atoms with Crippen molar-refractivity contribution < 1.29 is 19.4 Å². The number of rotatable bonds is 6. The molecule has 4 rings (SSSR count). The number of carbonyl (C=O) groups is 2. The minimum Gasteiger partial charge on any atom is -0.481 e. The fraction of sp³-hybridized carbons (Fsp3) is 0.417. The molecule has 5 heteroatoms. The third kappa shape index (κ3) is 4.29. The zero-order valence-corrected chi connectivity index (χ0v) is 16.5. The van der Waals surface area contributed by atoms with Gasteiger partial charge in [-0.25, -0.2) is 4.79 Å². The first-order valence-electron chi connectivity index (χ1n) is 10.5. The highest BCUT2D eigenvalue weighted by Crippen LogP contribution is 2.44. The van der Waals surface area contributed by atoms with E-state index in [0.717, 1.165) is 25.7 Å². The molecule has 2 aromatic rings. The molecule has 2 aliphatic carbocycles. The highest BCUT2D eigenvalue weighted by Gasteiger charge is 2.30. The molecule has 5 nitrogen and oxygen atoms in total. The SMILES string of the molecule is O=C(O)CC[C@@H]1CCCC[C@@H]1NC(=O)OCC1c2ccccc2-c2ccccc21. The van der Waals surface area contributed by atoms with Gasteiger partial charge in [-0.1, -0.05) is 61.4 Å². The summed E-state index contributed by atoms with van der Waals surface area (Å²) in [6.07, 6.45) is 4.33. The molecule has 1 saturated carbocycles. The first-order valence-corrected chi connectivity index (χ1v) is 10.5. The second-order valence-corrected chi connectivity index (χ2v) is 8.05. The van der Waals surface area contributed by atoms with Crippen LogP contribution in [0.15, 0.2) is 48.5 Å². The van der Waals surface area contributed by atoms with Crippen molar-refractivity contribution in [2.45, 2.75) is 50.5 Å². The van der Waals surface area contributed by atoms with Crippen molar-refractivity contribution in [3.8, 4) is 11.1 Å². The fourth-order valence-corrected chi connectivity index (χ4v) is 4.84. The number of carboxylic acids is 1. The zero-order valence-electron chi connectivity index (χ0n) is 16.5. The molecule has 0 radical (unpaired) electrons. The lowest BCUT2D eigenvalue weighted by atomic mass is 9.82. The Balaban J connectivity index is 1.39. The van der Waals surface area contributed by atoms with E-state index in [0.29, 0.717) is 13.0 Å². The Hall–Kier alpha value is -2.82. The van der Waals surface area contributed by atoms with E-state index in [-0.39, 0.29) is 24.3 Å². The van der Waals surface area contributed by atoms with Crippen molar-refractivity contribution >= 4 is 12.1 Å². The number of hydrogen-bond donors (Lipinski definition) is 2. The van der Waals surface area contributed by atoms with Crippen LogP contribution in [0.2, 0.25) is 0 Å². The van der Waals surface area contributed by atoms with Crippen LogP contribution in [0.5, 0.6) is 0 Å². The van der Waals surface area contributed by atoms with Crippen molar-refractivity contribution in [2.24, 2.45) is 5.92 Å². The molecule has 29 heavy (non-hydrogen) atoms. The largest absolute Gasteiger partial charge is 0.481 e. The molecule has 2 aliphatic rings. The van der Waals surface area contributed by atoms with Gasteiger partial charge in [0.25, 0.3) is 0 Å². The van der Waals surface area contributed by atoms with Crippen LogP contribution in [0.25, 0.3) is 11.1 Å². The molecule has 2 N–H and O–H groups in total. The van der Waals surface area contributed by atoms with Crippen LogP contribution >= 0.6 is 0 Å². The fourth-order valence-electron chi connectivity index (χ4n) is 4.84. The van der Waals surface area contributed by atoms with E-state index in [9.17, 15) is 9.59 Å². The van der Waals surface area contributed by atoms with Crippen LogP contribution in [0.1, 0.15) is 55.6 Å². The van der Waals surface area contributed by atoms with Crippen LogP contribution in [0.3, 0.4) is 0 Å². The molecule has 1 amide bonds. The van der Waals surface area contributed by atoms with Crippen LogP contribution in [-0.2, 0) is 9.53 Å². The average molecular weight is 393 g/mol. The van der Waals surface area contributed by atoms with Gasteiger partial charge < -0.3 is 15.2 Å². The summed E-state index contributed by atoms with van der Waals surface area (Å²) in [6, 6.07) is 16.5. The summed E-state index contributed by atoms with van der Waals surface area (Å²) < 4.78 is 5.65. The van der Waals surface area contributed by atoms with E-state index >= 15 is 0 Å². The molecule has 0 unspecified atom stereocenters. The van der Waals surface area contributed by atoms with Crippen molar-refractivity contribution in [3.63, 3.8) is 0 Å². The maximum Gasteiger partial charge on any atom is 0.407 e. The molecule has 0 aliphatic heterocycles. The lowest BCUT2D eigenvalue weighted by molar-refractivity contribution is -0.137. The van der Waals surface area contributed by atoms with E-state index in [1.807, 2.05) is 24.3 Å². The van der Waals surface area contributed by atoms with Crippen LogP contribution in [0, 0.1) is 5.92 Å². The summed E-state index contributed by atoms with van der Waals surface area (Å²) in [6.45, 7) is 0.298. The highest BCUT2D eigenvalue weighted by molar-refractivity contribution is 5.79. The number of carboxylic acid groups (broad SMARTS) is 1. The van der Waals surface area contributed by atoms with Gasteiger partial charge in [0.15, 0.2) is 0 Å². The number of benzene rings is 2. The van der Waals surface area contributed by atoms with Crippen molar-refractivity contribution in [1.29, 1.82) is 0 Å². The molecule has 2 atom stereocenters. The van der Waals surface area contributed by atoms with E-state index in [4.69, 9.17) is 9.84 Å². The standard InChI is InChI=1S/C24H27NO4/c26-23(27)14-13-16-7-1-6-12-22(16)25-24(28)29-15-21-19-10-4-2-8-17(19)18-9-3-5-11-20(18)21/h2-5,8-11,16,21-22H,1,6-7,12-15H2,(H,25,28)(H,26,27)/t16-,22-/m0/s1. The number of amides is 1. The summed E-state index contributed by atoms with van der Waals surface area (Å²) in [4.78, 5) is 23.4. The predicted molar refractivity (Wildman–Crippen MR) is 111 cm³/mol. The van der Waals surface area contributed by atoms with Gasteiger partial charge in [-0.2, -0.15) is 0 Å². The van der Waals surface area contributed by atoms with E-state index < -0.39 is 12.1 Å². The van der Waals surface area contributed by atoms with Crippen LogP contribution in [0.4, 0.5) is 4.79 Å². The van der Waals surface area contributed by atoms with Crippen LogP contribution < -0.4 is 5.32 Å². The Morgan fingerprint density at radius 2 is 1.59 bits per heavy atom. The Bertz CT molecular complexity index is 848. The number of hydrogen-bond acceptors (Lipinski definition) is 3. The molecule has 0 bridgehead atoms.